The zero-order valence-corrected chi connectivity index (χ0v) is 14.0. The number of aliphatic hydroxyl groups excluding tert-OH is 1. The van der Waals surface area contributed by atoms with E-state index in [1.165, 1.54) is 0 Å². The Labute approximate surface area is 127 Å². The van der Waals surface area contributed by atoms with Crippen molar-refractivity contribution in [3.05, 3.63) is 28.8 Å². The molecule has 0 amide bonds. The van der Waals surface area contributed by atoms with Crippen molar-refractivity contribution in [2.45, 2.75) is 52.7 Å². The van der Waals surface area contributed by atoms with Crippen molar-refractivity contribution in [1.29, 1.82) is 0 Å². The molecule has 0 heterocycles. The number of aliphatic hydroxyl groups is 1. The number of benzene rings is 1. The zero-order chi connectivity index (χ0) is 15.3. The summed E-state index contributed by atoms with van der Waals surface area (Å²) in [4.78, 5) is 2.19. The van der Waals surface area contributed by atoms with Gasteiger partial charge in [-0.05, 0) is 46.8 Å². The Bertz CT molecular complexity index is 427. The van der Waals surface area contributed by atoms with E-state index in [1.807, 2.05) is 12.1 Å². The number of hydrogen-bond donors (Lipinski definition) is 2. The van der Waals surface area contributed by atoms with Crippen molar-refractivity contribution in [3.8, 4) is 0 Å². The van der Waals surface area contributed by atoms with Gasteiger partial charge in [-0.1, -0.05) is 17.7 Å². The average molecular weight is 299 g/mol. The summed E-state index contributed by atoms with van der Waals surface area (Å²) in [6, 6.07) is 6.27. The molecule has 0 aliphatic rings. The molecule has 0 fully saturated rings. The molecular weight excluding hydrogens is 272 g/mol. The van der Waals surface area contributed by atoms with E-state index in [0.29, 0.717) is 19.1 Å². The average Bonchev–Trinajstić information content (AvgIpc) is 2.32. The second-order valence-electron chi connectivity index (χ2n) is 6.35. The standard InChI is InChI=1S/C16H27ClN2O/c1-12(2)19(9-10-20)15-8-6-7-14(17)13(15)11-18-16(3,4)5/h6-8,12,18,20H,9-11H2,1-5H3. The molecule has 0 unspecified atom stereocenters. The van der Waals surface area contributed by atoms with Crippen molar-refractivity contribution in [3.63, 3.8) is 0 Å². The summed E-state index contributed by atoms with van der Waals surface area (Å²) in [5.41, 5.74) is 2.22. The SMILES string of the molecule is CC(C)N(CCO)c1cccc(Cl)c1CNC(C)(C)C. The molecule has 1 rings (SSSR count). The summed E-state index contributed by atoms with van der Waals surface area (Å²) in [5, 5.41) is 13.5. The van der Waals surface area contributed by atoms with Crippen LogP contribution in [0.3, 0.4) is 0 Å². The third kappa shape index (κ3) is 4.97. The van der Waals surface area contributed by atoms with Crippen molar-refractivity contribution in [1.82, 2.24) is 5.32 Å². The van der Waals surface area contributed by atoms with Crippen LogP contribution in [-0.4, -0.2) is 29.8 Å². The van der Waals surface area contributed by atoms with Gasteiger partial charge in [-0.3, -0.25) is 0 Å². The van der Waals surface area contributed by atoms with Crippen molar-refractivity contribution < 1.29 is 5.11 Å². The molecular formula is C16H27ClN2O. The summed E-state index contributed by atoms with van der Waals surface area (Å²) < 4.78 is 0. The van der Waals surface area contributed by atoms with E-state index in [2.05, 4.69) is 50.9 Å². The van der Waals surface area contributed by atoms with Crippen molar-refractivity contribution >= 4 is 17.3 Å². The Morgan fingerprint density at radius 1 is 1.30 bits per heavy atom. The summed E-state index contributed by atoms with van der Waals surface area (Å²) in [6.45, 7) is 12.1. The Kier molecular flexibility index (Phi) is 6.31. The summed E-state index contributed by atoms with van der Waals surface area (Å²) in [7, 11) is 0. The maximum atomic E-state index is 9.28. The van der Waals surface area contributed by atoms with Crippen LogP contribution in [0.5, 0.6) is 0 Å². The van der Waals surface area contributed by atoms with Gasteiger partial charge in [0, 0.05) is 40.9 Å². The fourth-order valence-corrected chi connectivity index (χ4v) is 2.35. The first-order valence-corrected chi connectivity index (χ1v) is 7.54. The highest BCUT2D eigenvalue weighted by molar-refractivity contribution is 6.31. The number of rotatable bonds is 6. The predicted molar refractivity (Wildman–Crippen MR) is 87.6 cm³/mol. The molecule has 20 heavy (non-hydrogen) atoms. The molecule has 0 saturated carbocycles. The van der Waals surface area contributed by atoms with E-state index in [-0.39, 0.29) is 12.1 Å². The van der Waals surface area contributed by atoms with Crippen molar-refractivity contribution in [2.75, 3.05) is 18.1 Å². The fraction of sp³-hybridized carbons (Fsp3) is 0.625. The fourth-order valence-electron chi connectivity index (χ4n) is 2.11. The van der Waals surface area contributed by atoms with Crippen LogP contribution < -0.4 is 10.2 Å². The van der Waals surface area contributed by atoms with Crippen LogP contribution in [0.1, 0.15) is 40.2 Å². The molecule has 0 aliphatic carbocycles. The van der Waals surface area contributed by atoms with Gasteiger partial charge < -0.3 is 15.3 Å². The van der Waals surface area contributed by atoms with Crippen LogP contribution >= 0.6 is 11.6 Å². The monoisotopic (exact) mass is 298 g/mol. The van der Waals surface area contributed by atoms with Gasteiger partial charge in [0.15, 0.2) is 0 Å². The molecule has 2 N–H and O–H groups in total. The van der Waals surface area contributed by atoms with Gasteiger partial charge >= 0.3 is 0 Å². The highest BCUT2D eigenvalue weighted by Gasteiger charge is 2.18. The molecule has 0 aromatic heterocycles. The van der Waals surface area contributed by atoms with E-state index >= 15 is 0 Å². The highest BCUT2D eigenvalue weighted by Crippen LogP contribution is 2.29. The maximum absolute atomic E-state index is 9.28. The number of hydrogen-bond acceptors (Lipinski definition) is 3. The summed E-state index contributed by atoms with van der Waals surface area (Å²) in [5.74, 6) is 0. The third-order valence-electron chi connectivity index (χ3n) is 3.16. The molecule has 4 heteroatoms. The van der Waals surface area contributed by atoms with Gasteiger partial charge in [0.05, 0.1) is 6.61 Å². The Morgan fingerprint density at radius 3 is 2.45 bits per heavy atom. The first kappa shape index (κ1) is 17.3. The molecule has 114 valence electrons. The maximum Gasteiger partial charge on any atom is 0.0606 e. The van der Waals surface area contributed by atoms with Gasteiger partial charge in [-0.2, -0.15) is 0 Å². The zero-order valence-electron chi connectivity index (χ0n) is 13.2. The number of anilines is 1. The van der Waals surface area contributed by atoms with E-state index in [1.54, 1.807) is 0 Å². The Hall–Kier alpha value is -0.770. The van der Waals surface area contributed by atoms with Crippen LogP contribution in [0.15, 0.2) is 18.2 Å². The quantitative estimate of drug-likeness (QED) is 0.844. The first-order valence-electron chi connectivity index (χ1n) is 7.16. The molecule has 0 saturated heterocycles. The molecule has 1 aromatic rings. The molecule has 0 spiro atoms. The van der Waals surface area contributed by atoms with Crippen LogP contribution in [0.2, 0.25) is 5.02 Å². The topological polar surface area (TPSA) is 35.5 Å². The predicted octanol–water partition coefficient (Wildman–Crippen LogP) is 3.44. The lowest BCUT2D eigenvalue weighted by atomic mass is 10.1. The first-order chi connectivity index (χ1) is 9.26. The molecule has 0 bridgehead atoms. The van der Waals surface area contributed by atoms with E-state index < -0.39 is 0 Å². The molecule has 0 aliphatic heterocycles. The van der Waals surface area contributed by atoms with Gasteiger partial charge in [0.1, 0.15) is 0 Å². The molecule has 3 nitrogen and oxygen atoms in total. The van der Waals surface area contributed by atoms with E-state index in [9.17, 15) is 5.11 Å². The Morgan fingerprint density at radius 2 is 1.95 bits per heavy atom. The van der Waals surface area contributed by atoms with E-state index in [4.69, 9.17) is 11.6 Å². The van der Waals surface area contributed by atoms with Crippen molar-refractivity contribution in [2.24, 2.45) is 0 Å². The lowest BCUT2D eigenvalue weighted by molar-refractivity contribution is 0.299. The molecule has 0 atom stereocenters. The Balaban J connectivity index is 3.08. The smallest absolute Gasteiger partial charge is 0.0606 e. The molecule has 1 aromatic carbocycles. The van der Waals surface area contributed by atoms with Crippen LogP contribution in [0.4, 0.5) is 5.69 Å². The van der Waals surface area contributed by atoms with E-state index in [0.717, 1.165) is 16.3 Å². The van der Waals surface area contributed by atoms with Gasteiger partial charge in [-0.25, -0.2) is 0 Å². The number of halogens is 1. The molecule has 0 radical (unpaired) electrons. The summed E-state index contributed by atoms with van der Waals surface area (Å²) >= 11 is 6.38. The summed E-state index contributed by atoms with van der Waals surface area (Å²) in [6.07, 6.45) is 0. The largest absolute Gasteiger partial charge is 0.395 e. The minimum absolute atomic E-state index is 0.0378. The van der Waals surface area contributed by atoms with Gasteiger partial charge in [0.25, 0.3) is 0 Å². The van der Waals surface area contributed by atoms with Crippen LogP contribution in [-0.2, 0) is 6.54 Å². The number of nitrogens with one attached hydrogen (secondary N) is 1. The second-order valence-corrected chi connectivity index (χ2v) is 6.76. The lowest BCUT2D eigenvalue weighted by Crippen LogP contribution is -2.37. The normalized spacial score (nSPS) is 12.0. The van der Waals surface area contributed by atoms with Crippen LogP contribution in [0.25, 0.3) is 0 Å². The van der Waals surface area contributed by atoms with Gasteiger partial charge in [0.2, 0.25) is 0 Å². The number of nitrogens with zero attached hydrogens (tertiary/aromatic N) is 1. The van der Waals surface area contributed by atoms with Crippen LogP contribution in [0, 0.1) is 0 Å². The third-order valence-corrected chi connectivity index (χ3v) is 3.52. The second kappa shape index (κ2) is 7.30. The lowest BCUT2D eigenvalue weighted by Gasteiger charge is -2.31. The highest BCUT2D eigenvalue weighted by atomic mass is 35.5. The minimum atomic E-state index is 0.0378. The minimum Gasteiger partial charge on any atom is -0.395 e. The van der Waals surface area contributed by atoms with Gasteiger partial charge in [-0.15, -0.1) is 0 Å².